The molecule has 0 N–H and O–H groups in total. The van der Waals surface area contributed by atoms with E-state index in [1.54, 1.807) is 6.92 Å². The maximum atomic E-state index is 10.4. The summed E-state index contributed by atoms with van der Waals surface area (Å²) >= 11 is 5.15. The summed E-state index contributed by atoms with van der Waals surface area (Å²) in [5, 5.41) is -1.15. The molecule has 0 rings (SSSR count). The zero-order chi connectivity index (χ0) is 7.28. The quantitative estimate of drug-likeness (QED) is 0.202. The minimum absolute atomic E-state index is 0. The molecule has 0 aliphatic rings. The predicted octanol–water partition coefficient (Wildman–Crippen LogP) is -0.293. The molecule has 1 atom stereocenters. The third-order valence-electron chi connectivity index (χ3n) is 0.631. The molecule has 54 valence electrons. The summed E-state index contributed by atoms with van der Waals surface area (Å²) < 4.78 is 4.39. The van der Waals surface area contributed by atoms with Crippen molar-refractivity contribution in [2.24, 2.45) is 0 Å². The van der Waals surface area contributed by atoms with Crippen molar-refractivity contribution in [2.75, 3.05) is 6.61 Å². The number of carbonyl (C=O) groups excluding carboxylic acids is 2. The molecule has 0 saturated carbocycles. The van der Waals surface area contributed by atoms with Crippen molar-refractivity contribution in [2.45, 2.75) is 12.3 Å². The second-order valence-electron chi connectivity index (χ2n) is 1.29. The Hall–Kier alpha value is 1.07. The number of aldehydes is 1. The van der Waals surface area contributed by atoms with Gasteiger partial charge in [0, 0.05) is 0 Å². The number of hydrogen-bond donors (Lipinski definition) is 0. The Morgan fingerprint density at radius 3 is 2.60 bits per heavy atom. The molecule has 1 unspecified atom stereocenters. The monoisotopic (exact) mass is 190 g/mol. The molecule has 10 heavy (non-hydrogen) atoms. The summed E-state index contributed by atoms with van der Waals surface area (Å²) in [6.45, 7) is 1.89. The number of ether oxygens (including phenoxy) is 1. The van der Waals surface area contributed by atoms with Gasteiger partial charge in [-0.3, -0.25) is 0 Å². The van der Waals surface area contributed by atoms with Crippen molar-refractivity contribution >= 4 is 75.2 Å². The first-order chi connectivity index (χ1) is 4.22. The summed E-state index contributed by atoms with van der Waals surface area (Å²) in [5.74, 6) is -0.686. The summed E-state index contributed by atoms with van der Waals surface area (Å²) in [6, 6.07) is 0. The Bertz CT molecular complexity index is 117. The van der Waals surface area contributed by atoms with Crippen LogP contribution in [0.25, 0.3) is 0 Å². The summed E-state index contributed by atoms with van der Waals surface area (Å²) in [4.78, 5) is 20.2. The van der Waals surface area contributed by atoms with Gasteiger partial charge in [-0.1, -0.05) is 0 Å². The summed E-state index contributed by atoms with van der Waals surface area (Å²) in [5.41, 5.74) is 0. The van der Waals surface area contributed by atoms with Crippen molar-refractivity contribution in [1.29, 1.82) is 0 Å². The molecule has 0 amide bonds. The molecule has 0 fully saturated rings. The van der Waals surface area contributed by atoms with E-state index in [9.17, 15) is 9.59 Å². The van der Waals surface area contributed by atoms with Crippen LogP contribution in [0.15, 0.2) is 0 Å². The van der Waals surface area contributed by atoms with E-state index < -0.39 is 11.3 Å². The molecule has 0 aliphatic carbocycles. The van der Waals surface area contributed by atoms with Gasteiger partial charge in [-0.25, -0.2) is 4.79 Å². The number of alkyl halides is 1. The van der Waals surface area contributed by atoms with Crippen LogP contribution < -0.4 is 0 Å². The van der Waals surface area contributed by atoms with Crippen molar-refractivity contribution in [3.8, 4) is 0 Å². The van der Waals surface area contributed by atoms with E-state index in [1.807, 2.05) is 0 Å². The van der Waals surface area contributed by atoms with Crippen LogP contribution in [0.4, 0.5) is 0 Å². The molecular weight excluding hydrogens is 183 g/mol. The number of hydrogen-bond acceptors (Lipinski definition) is 3. The topological polar surface area (TPSA) is 43.4 Å². The first-order valence-corrected chi connectivity index (χ1v) is 2.92. The number of esters is 1. The van der Waals surface area contributed by atoms with E-state index in [0.717, 1.165) is 0 Å². The van der Waals surface area contributed by atoms with Gasteiger partial charge in [0.1, 0.15) is 6.29 Å². The minimum atomic E-state index is -1.15. The molecular formula is C5H8ClKO3. The van der Waals surface area contributed by atoms with E-state index >= 15 is 0 Å². The van der Waals surface area contributed by atoms with Crippen LogP contribution in [-0.2, 0) is 14.3 Å². The standard InChI is InChI=1S/C5H7ClO3.K.H/c1-2-9-5(8)4(6)3-7;;/h3-4H,2H2,1H3;;. The van der Waals surface area contributed by atoms with Gasteiger partial charge in [-0.2, -0.15) is 0 Å². The van der Waals surface area contributed by atoms with Crippen LogP contribution >= 0.6 is 11.6 Å². The second-order valence-corrected chi connectivity index (χ2v) is 1.76. The van der Waals surface area contributed by atoms with Gasteiger partial charge in [-0.05, 0) is 6.92 Å². The SMILES string of the molecule is CCOC(=O)C(Cl)C=O.[KH]. The molecule has 0 bridgehead atoms. The average molecular weight is 191 g/mol. The summed E-state index contributed by atoms with van der Waals surface area (Å²) in [7, 11) is 0. The van der Waals surface area contributed by atoms with Crippen molar-refractivity contribution in [3.05, 3.63) is 0 Å². The molecule has 0 saturated heterocycles. The first kappa shape index (κ1) is 13.6. The van der Waals surface area contributed by atoms with Gasteiger partial charge < -0.3 is 9.53 Å². The third-order valence-corrected chi connectivity index (χ3v) is 0.912. The van der Waals surface area contributed by atoms with Crippen molar-refractivity contribution in [3.63, 3.8) is 0 Å². The first-order valence-electron chi connectivity index (χ1n) is 2.48. The zero-order valence-corrected chi connectivity index (χ0v) is 5.72. The van der Waals surface area contributed by atoms with Crippen LogP contribution in [0.5, 0.6) is 0 Å². The molecule has 0 aromatic heterocycles. The zero-order valence-electron chi connectivity index (χ0n) is 4.96. The van der Waals surface area contributed by atoms with Gasteiger partial charge in [0.15, 0.2) is 5.38 Å². The number of carbonyl (C=O) groups is 2. The molecule has 0 aromatic rings. The second kappa shape index (κ2) is 8.17. The van der Waals surface area contributed by atoms with E-state index in [2.05, 4.69) is 4.74 Å². The normalized spacial score (nSPS) is 11.0. The van der Waals surface area contributed by atoms with Crippen LogP contribution in [-0.4, -0.2) is 75.6 Å². The maximum absolute atomic E-state index is 10.4. The molecule has 0 spiro atoms. The van der Waals surface area contributed by atoms with Crippen LogP contribution in [0, 0.1) is 0 Å². The van der Waals surface area contributed by atoms with Gasteiger partial charge in [0.25, 0.3) is 0 Å². The molecule has 0 heterocycles. The van der Waals surface area contributed by atoms with Gasteiger partial charge in [0.2, 0.25) is 0 Å². The Morgan fingerprint density at radius 2 is 2.30 bits per heavy atom. The fourth-order valence-corrected chi connectivity index (χ4v) is 0.340. The van der Waals surface area contributed by atoms with Gasteiger partial charge in [-0.15, -0.1) is 11.6 Å². The van der Waals surface area contributed by atoms with Crippen LogP contribution in [0.2, 0.25) is 0 Å². The summed E-state index contributed by atoms with van der Waals surface area (Å²) in [6.07, 6.45) is 0.333. The Balaban J connectivity index is 0. The fourth-order valence-electron chi connectivity index (χ4n) is 0.277. The van der Waals surface area contributed by atoms with Crippen LogP contribution in [0.1, 0.15) is 6.92 Å². The number of rotatable bonds is 3. The molecule has 0 aliphatic heterocycles. The van der Waals surface area contributed by atoms with Crippen molar-refractivity contribution in [1.82, 2.24) is 0 Å². The average Bonchev–Trinajstić information content (AvgIpc) is 1.87. The third kappa shape index (κ3) is 5.82. The van der Waals surface area contributed by atoms with E-state index in [4.69, 9.17) is 11.6 Å². The Labute approximate surface area is 107 Å². The molecule has 3 nitrogen and oxygen atoms in total. The van der Waals surface area contributed by atoms with E-state index in [1.165, 1.54) is 0 Å². The number of halogens is 1. The fraction of sp³-hybridized carbons (Fsp3) is 0.600. The van der Waals surface area contributed by atoms with E-state index in [0.29, 0.717) is 6.29 Å². The van der Waals surface area contributed by atoms with Gasteiger partial charge in [0.05, 0.1) is 6.61 Å². The predicted molar refractivity (Wildman–Crippen MR) is 39.5 cm³/mol. The Kier molecular flexibility index (Phi) is 11.1. The molecule has 0 radical (unpaired) electrons. The van der Waals surface area contributed by atoms with Crippen LogP contribution in [0.3, 0.4) is 0 Å². The van der Waals surface area contributed by atoms with Crippen molar-refractivity contribution < 1.29 is 14.3 Å². The Morgan fingerprint density at radius 1 is 1.80 bits per heavy atom. The molecule has 5 heteroatoms. The van der Waals surface area contributed by atoms with Gasteiger partial charge >= 0.3 is 57.4 Å². The molecule has 0 aromatic carbocycles. The van der Waals surface area contributed by atoms with E-state index in [-0.39, 0.29) is 58.0 Å².